The van der Waals surface area contributed by atoms with Crippen LogP contribution in [0, 0.1) is 5.92 Å². The van der Waals surface area contributed by atoms with E-state index in [1.54, 1.807) is 46.8 Å². The zero-order valence-electron chi connectivity index (χ0n) is 19.0. The van der Waals surface area contributed by atoms with Crippen molar-refractivity contribution in [1.29, 1.82) is 0 Å². The molecule has 1 heterocycles. The van der Waals surface area contributed by atoms with E-state index < -0.39 is 27.9 Å². The van der Waals surface area contributed by atoms with Gasteiger partial charge in [-0.25, -0.2) is 8.42 Å². The van der Waals surface area contributed by atoms with Gasteiger partial charge in [-0.15, -0.1) is 0 Å². The van der Waals surface area contributed by atoms with Gasteiger partial charge < -0.3 is 19.8 Å². The van der Waals surface area contributed by atoms with Gasteiger partial charge in [0, 0.05) is 18.8 Å². The van der Waals surface area contributed by atoms with Crippen molar-refractivity contribution < 1.29 is 27.2 Å². The number of hydrogen-bond donors (Lipinski definition) is 2. The Labute approximate surface area is 189 Å². The Balaban J connectivity index is 2.32. The van der Waals surface area contributed by atoms with Gasteiger partial charge in [0.25, 0.3) is 5.91 Å². The number of anilines is 1. The summed E-state index contributed by atoms with van der Waals surface area (Å²) in [7, 11) is -3.82. The smallest absolute Gasteiger partial charge is 0.287 e. The summed E-state index contributed by atoms with van der Waals surface area (Å²) in [6, 6.07) is 6.68. The van der Waals surface area contributed by atoms with Crippen molar-refractivity contribution in [1.82, 2.24) is 9.62 Å². The second kappa shape index (κ2) is 11.1. The highest BCUT2D eigenvalue weighted by molar-refractivity contribution is 7.89. The Morgan fingerprint density at radius 3 is 2.34 bits per heavy atom. The number of carbonyl (C=O) groups excluding carboxylic acids is 2. The number of carbonyl (C=O) groups is 2. The molecule has 2 amide bonds. The van der Waals surface area contributed by atoms with Crippen molar-refractivity contribution >= 4 is 27.5 Å². The van der Waals surface area contributed by atoms with Gasteiger partial charge in [0.05, 0.1) is 12.9 Å². The van der Waals surface area contributed by atoms with Gasteiger partial charge in [-0.05, 0) is 43.2 Å². The van der Waals surface area contributed by atoms with E-state index in [9.17, 15) is 18.0 Å². The predicted octanol–water partition coefficient (Wildman–Crippen LogP) is 3.10. The van der Waals surface area contributed by atoms with Crippen LogP contribution in [0.4, 0.5) is 5.69 Å². The summed E-state index contributed by atoms with van der Waals surface area (Å²) in [5, 5.41) is 5.36. The van der Waals surface area contributed by atoms with Crippen LogP contribution in [-0.4, -0.2) is 50.3 Å². The van der Waals surface area contributed by atoms with Gasteiger partial charge in [0.15, 0.2) is 5.76 Å². The highest BCUT2D eigenvalue weighted by Gasteiger charge is 2.28. The third kappa shape index (κ3) is 5.89. The van der Waals surface area contributed by atoms with Crippen LogP contribution in [0.2, 0.25) is 0 Å². The molecule has 176 valence electrons. The van der Waals surface area contributed by atoms with Crippen molar-refractivity contribution in [2.24, 2.45) is 5.92 Å². The third-order valence-electron chi connectivity index (χ3n) is 4.82. The molecule has 10 heteroatoms. The van der Waals surface area contributed by atoms with Crippen molar-refractivity contribution in [3.63, 3.8) is 0 Å². The van der Waals surface area contributed by atoms with Crippen LogP contribution < -0.4 is 15.4 Å². The van der Waals surface area contributed by atoms with E-state index in [1.165, 1.54) is 28.8 Å². The quantitative estimate of drug-likeness (QED) is 0.526. The summed E-state index contributed by atoms with van der Waals surface area (Å²) in [5.41, 5.74) is 0.280. The van der Waals surface area contributed by atoms with Crippen LogP contribution in [0.3, 0.4) is 0 Å². The number of ether oxygens (including phenoxy) is 1. The molecule has 0 spiro atoms. The molecule has 9 nitrogen and oxygen atoms in total. The molecule has 0 unspecified atom stereocenters. The number of rotatable bonds is 11. The molecule has 0 fully saturated rings. The molecule has 1 aromatic carbocycles. The maximum absolute atomic E-state index is 13.1. The first-order valence-electron chi connectivity index (χ1n) is 10.6. The predicted molar refractivity (Wildman–Crippen MR) is 121 cm³/mol. The van der Waals surface area contributed by atoms with Crippen LogP contribution in [0.5, 0.6) is 5.75 Å². The standard InChI is InChI=1S/C22H31N3O6S/c1-6-25(7-2)32(28,29)19-14-16(11-12-17(19)30-8-3)23-22(27)20(15(4)5)24-21(26)18-10-9-13-31-18/h9-15,20H,6-8H2,1-5H3,(H,23,27)(H,24,26)/t20-/m0/s1. The lowest BCUT2D eigenvalue weighted by Crippen LogP contribution is -2.47. The van der Waals surface area contributed by atoms with Crippen LogP contribution in [0.1, 0.15) is 45.2 Å². The van der Waals surface area contributed by atoms with E-state index >= 15 is 0 Å². The first-order valence-corrected chi connectivity index (χ1v) is 12.0. The van der Waals surface area contributed by atoms with E-state index in [2.05, 4.69) is 10.6 Å². The molecule has 2 aromatic rings. The molecule has 0 aliphatic rings. The number of sulfonamides is 1. The average molecular weight is 466 g/mol. The topological polar surface area (TPSA) is 118 Å². The molecule has 2 N–H and O–H groups in total. The van der Waals surface area contributed by atoms with Crippen molar-refractivity contribution in [3.8, 4) is 5.75 Å². The number of furan rings is 1. The lowest BCUT2D eigenvalue weighted by atomic mass is 10.0. The maximum atomic E-state index is 13.1. The zero-order chi connectivity index (χ0) is 23.9. The van der Waals surface area contributed by atoms with Crippen molar-refractivity contribution in [2.75, 3.05) is 25.0 Å². The van der Waals surface area contributed by atoms with E-state index in [0.717, 1.165) is 0 Å². The molecule has 0 radical (unpaired) electrons. The number of amides is 2. The Morgan fingerprint density at radius 2 is 1.81 bits per heavy atom. The molecule has 0 saturated heterocycles. The molecule has 1 atom stereocenters. The molecule has 0 aliphatic carbocycles. The third-order valence-corrected chi connectivity index (χ3v) is 6.89. The molecule has 32 heavy (non-hydrogen) atoms. The summed E-state index contributed by atoms with van der Waals surface area (Å²) in [5.74, 6) is -0.910. The van der Waals surface area contributed by atoms with Gasteiger partial charge in [0.1, 0.15) is 16.7 Å². The van der Waals surface area contributed by atoms with Gasteiger partial charge in [-0.3, -0.25) is 9.59 Å². The van der Waals surface area contributed by atoms with E-state index in [0.29, 0.717) is 19.7 Å². The van der Waals surface area contributed by atoms with Gasteiger partial charge in [-0.1, -0.05) is 27.7 Å². The minimum Gasteiger partial charge on any atom is -0.492 e. The second-order valence-corrected chi connectivity index (χ2v) is 9.25. The summed E-state index contributed by atoms with van der Waals surface area (Å²) in [6.07, 6.45) is 1.37. The number of hydrogen-bond acceptors (Lipinski definition) is 6. The van der Waals surface area contributed by atoms with Gasteiger partial charge >= 0.3 is 0 Å². The number of benzene rings is 1. The largest absolute Gasteiger partial charge is 0.492 e. The molecular weight excluding hydrogens is 434 g/mol. The summed E-state index contributed by atoms with van der Waals surface area (Å²) >= 11 is 0. The Hall–Kier alpha value is -2.85. The summed E-state index contributed by atoms with van der Waals surface area (Å²) < 4.78 is 38.1. The van der Waals surface area contributed by atoms with Crippen LogP contribution >= 0.6 is 0 Å². The van der Waals surface area contributed by atoms with E-state index in [-0.39, 0.29) is 28.0 Å². The average Bonchev–Trinajstić information content (AvgIpc) is 3.28. The molecule has 0 aliphatic heterocycles. The molecule has 2 rings (SSSR count). The van der Waals surface area contributed by atoms with Gasteiger partial charge in [-0.2, -0.15) is 4.31 Å². The minimum absolute atomic E-state index is 0.0263. The second-order valence-electron chi connectivity index (χ2n) is 7.35. The number of nitrogens with zero attached hydrogens (tertiary/aromatic N) is 1. The summed E-state index contributed by atoms with van der Waals surface area (Å²) in [4.78, 5) is 25.2. The Morgan fingerprint density at radius 1 is 1.12 bits per heavy atom. The lowest BCUT2D eigenvalue weighted by molar-refractivity contribution is -0.118. The fourth-order valence-corrected chi connectivity index (χ4v) is 4.75. The van der Waals surface area contributed by atoms with E-state index in [1.807, 2.05) is 0 Å². The Kier molecular flexibility index (Phi) is 8.85. The number of nitrogens with one attached hydrogen (secondary N) is 2. The van der Waals surface area contributed by atoms with Crippen molar-refractivity contribution in [3.05, 3.63) is 42.4 Å². The molecule has 0 bridgehead atoms. The molecule has 0 saturated carbocycles. The fraction of sp³-hybridized carbons (Fsp3) is 0.455. The molecular formula is C22H31N3O6S. The molecule has 1 aromatic heterocycles. The zero-order valence-corrected chi connectivity index (χ0v) is 19.9. The van der Waals surface area contributed by atoms with Crippen LogP contribution in [0.15, 0.2) is 45.9 Å². The van der Waals surface area contributed by atoms with E-state index in [4.69, 9.17) is 9.15 Å². The fourth-order valence-electron chi connectivity index (χ4n) is 3.14. The van der Waals surface area contributed by atoms with Crippen LogP contribution in [0.25, 0.3) is 0 Å². The normalized spacial score (nSPS) is 12.6. The van der Waals surface area contributed by atoms with Crippen LogP contribution in [-0.2, 0) is 14.8 Å². The van der Waals surface area contributed by atoms with Crippen molar-refractivity contribution in [2.45, 2.75) is 45.6 Å². The SMILES string of the molecule is CCOc1ccc(NC(=O)[C@@H](NC(=O)c2ccco2)C(C)C)cc1S(=O)(=O)N(CC)CC. The van der Waals surface area contributed by atoms with Gasteiger partial charge in [0.2, 0.25) is 15.9 Å². The first-order chi connectivity index (χ1) is 15.1. The lowest BCUT2D eigenvalue weighted by Gasteiger charge is -2.23. The highest BCUT2D eigenvalue weighted by atomic mass is 32.2. The maximum Gasteiger partial charge on any atom is 0.287 e. The monoisotopic (exact) mass is 465 g/mol. The minimum atomic E-state index is -3.82. The first kappa shape index (κ1) is 25.4. The summed E-state index contributed by atoms with van der Waals surface area (Å²) in [6.45, 7) is 9.75. The highest BCUT2D eigenvalue weighted by Crippen LogP contribution is 2.30. The Bertz CT molecular complexity index is 1010.